The molecule has 0 saturated carbocycles. The molecule has 9 aromatic rings. The summed E-state index contributed by atoms with van der Waals surface area (Å²) in [6.45, 7) is 0. The molecular weight excluding hydrogens is 464 g/mol. The van der Waals surface area contributed by atoms with Crippen LogP contribution in [0.3, 0.4) is 0 Å². The molecule has 0 spiro atoms. The summed E-state index contributed by atoms with van der Waals surface area (Å²) in [6.07, 6.45) is 0. The average Bonchev–Trinajstić information content (AvgIpc) is 3.63. The molecule has 0 unspecified atom stereocenters. The Bertz CT molecular complexity index is 2330. The number of imidazole rings is 2. The van der Waals surface area contributed by atoms with Crippen LogP contribution in [0.25, 0.3) is 71.6 Å². The van der Waals surface area contributed by atoms with Gasteiger partial charge in [0.1, 0.15) is 0 Å². The second kappa shape index (κ2) is 6.36. The van der Waals surface area contributed by atoms with E-state index in [4.69, 9.17) is 16.6 Å². The zero-order valence-electron chi connectivity index (χ0n) is 19.0. The van der Waals surface area contributed by atoms with Gasteiger partial charge in [0.05, 0.1) is 44.3 Å². The molecule has 0 aliphatic heterocycles. The van der Waals surface area contributed by atoms with Crippen molar-refractivity contribution in [1.82, 2.24) is 18.4 Å². The highest BCUT2D eigenvalue weighted by molar-refractivity contribution is 6.32. The normalized spacial score (nSPS) is 12.6. The first-order chi connectivity index (χ1) is 17.8. The Kier molecular flexibility index (Phi) is 3.31. The highest BCUT2D eigenvalue weighted by atomic mass is 35.5. The van der Waals surface area contributed by atoms with Gasteiger partial charge in [-0.05, 0) is 48.5 Å². The van der Waals surface area contributed by atoms with E-state index in [9.17, 15) is 0 Å². The van der Waals surface area contributed by atoms with Crippen molar-refractivity contribution in [3.63, 3.8) is 0 Å². The van der Waals surface area contributed by atoms with Gasteiger partial charge in [-0.25, -0.2) is 4.98 Å². The molecule has 0 aliphatic carbocycles. The lowest BCUT2D eigenvalue weighted by molar-refractivity contribution is 1.16. The summed E-state index contributed by atoms with van der Waals surface area (Å²) in [6, 6.07) is 36.3. The fourth-order valence-corrected chi connectivity index (χ4v) is 6.42. The minimum absolute atomic E-state index is 0.744. The van der Waals surface area contributed by atoms with Gasteiger partial charge >= 0.3 is 0 Å². The van der Waals surface area contributed by atoms with Gasteiger partial charge in [-0.2, -0.15) is 0 Å². The summed E-state index contributed by atoms with van der Waals surface area (Å²) in [5.74, 6) is 0.939. The molecule has 0 radical (unpaired) electrons. The van der Waals surface area contributed by atoms with E-state index >= 15 is 0 Å². The molecule has 0 amide bonds. The third-order valence-corrected chi connectivity index (χ3v) is 7.86. The van der Waals surface area contributed by atoms with Crippen molar-refractivity contribution >= 4 is 77.5 Å². The lowest BCUT2D eigenvalue weighted by Crippen LogP contribution is -1.97. The van der Waals surface area contributed by atoms with Crippen molar-refractivity contribution in [3.05, 3.63) is 108 Å². The molecule has 0 saturated heterocycles. The summed E-state index contributed by atoms with van der Waals surface area (Å²) in [4.78, 5) is 5.11. The first-order valence-corrected chi connectivity index (χ1v) is 12.4. The van der Waals surface area contributed by atoms with Crippen LogP contribution in [0.2, 0.25) is 5.02 Å². The second-order valence-electron chi connectivity index (χ2n) is 9.43. The lowest BCUT2D eigenvalue weighted by atomic mass is 10.1. The Hall–Kier alpha value is -4.54. The number of rotatable bonds is 1. The minimum atomic E-state index is 0.744. The first-order valence-electron chi connectivity index (χ1n) is 12.0. The van der Waals surface area contributed by atoms with E-state index in [1.54, 1.807) is 0 Å². The molecule has 9 rings (SSSR count). The SMILES string of the molecule is Clc1ccc2c(c1)c1ccccc1n2-c1cccc2c3cccc4c3n(c12)c1nc2ccccc2n41. The number of benzene rings is 5. The third-order valence-electron chi connectivity index (χ3n) is 7.63. The van der Waals surface area contributed by atoms with Gasteiger partial charge in [0.25, 0.3) is 0 Å². The molecular formula is C31H17ClN4. The van der Waals surface area contributed by atoms with Crippen LogP contribution < -0.4 is 0 Å². The minimum Gasteiger partial charge on any atom is -0.307 e. The topological polar surface area (TPSA) is 26.6 Å². The largest absolute Gasteiger partial charge is 0.307 e. The van der Waals surface area contributed by atoms with Crippen molar-refractivity contribution in [1.29, 1.82) is 0 Å². The summed E-state index contributed by atoms with van der Waals surface area (Å²) in [5, 5.41) is 5.55. The van der Waals surface area contributed by atoms with E-state index in [0.717, 1.165) is 49.5 Å². The molecule has 36 heavy (non-hydrogen) atoms. The Balaban J connectivity index is 1.57. The van der Waals surface area contributed by atoms with Gasteiger partial charge in [0.15, 0.2) is 0 Å². The molecule has 0 bridgehead atoms. The number of hydrogen-bond donors (Lipinski definition) is 0. The van der Waals surface area contributed by atoms with Crippen LogP contribution >= 0.6 is 11.6 Å². The fraction of sp³-hybridized carbons (Fsp3) is 0. The maximum Gasteiger partial charge on any atom is 0.220 e. The number of hydrogen-bond acceptors (Lipinski definition) is 1. The van der Waals surface area contributed by atoms with Gasteiger partial charge < -0.3 is 4.57 Å². The molecule has 4 nitrogen and oxygen atoms in total. The van der Waals surface area contributed by atoms with Gasteiger partial charge in [0, 0.05) is 26.6 Å². The molecule has 0 atom stereocenters. The highest BCUT2D eigenvalue weighted by Gasteiger charge is 2.23. The van der Waals surface area contributed by atoms with E-state index in [1.165, 1.54) is 27.2 Å². The predicted octanol–water partition coefficient (Wildman–Crippen LogP) is 8.23. The Morgan fingerprint density at radius 1 is 0.528 bits per heavy atom. The smallest absolute Gasteiger partial charge is 0.220 e. The van der Waals surface area contributed by atoms with Crippen molar-refractivity contribution in [2.24, 2.45) is 0 Å². The van der Waals surface area contributed by atoms with Gasteiger partial charge in [-0.3, -0.25) is 8.80 Å². The number of fused-ring (bicyclic) bond motifs is 11. The van der Waals surface area contributed by atoms with E-state index in [1.807, 2.05) is 6.07 Å². The number of nitrogens with zero attached hydrogens (tertiary/aromatic N) is 4. The van der Waals surface area contributed by atoms with Crippen molar-refractivity contribution in [3.8, 4) is 5.69 Å². The third kappa shape index (κ3) is 2.11. The van der Waals surface area contributed by atoms with E-state index in [2.05, 4.69) is 110 Å². The van der Waals surface area contributed by atoms with E-state index in [0.29, 0.717) is 0 Å². The van der Waals surface area contributed by atoms with Crippen molar-refractivity contribution < 1.29 is 0 Å². The summed E-state index contributed by atoms with van der Waals surface area (Å²) < 4.78 is 7.02. The van der Waals surface area contributed by atoms with Crippen LogP contribution in [0.5, 0.6) is 0 Å². The van der Waals surface area contributed by atoms with Crippen LogP contribution in [0.1, 0.15) is 0 Å². The molecule has 4 heterocycles. The number of para-hydroxylation sites is 5. The highest BCUT2D eigenvalue weighted by Crippen LogP contribution is 2.41. The summed E-state index contributed by atoms with van der Waals surface area (Å²) in [5.41, 5.74) is 9.09. The van der Waals surface area contributed by atoms with Crippen molar-refractivity contribution in [2.75, 3.05) is 0 Å². The molecule has 0 aliphatic rings. The van der Waals surface area contributed by atoms with Crippen molar-refractivity contribution in [2.45, 2.75) is 0 Å². The van der Waals surface area contributed by atoms with Crippen LogP contribution in [0.4, 0.5) is 0 Å². The second-order valence-corrected chi connectivity index (χ2v) is 9.87. The zero-order chi connectivity index (χ0) is 23.5. The number of aromatic nitrogens is 4. The maximum atomic E-state index is 6.45. The number of halogens is 1. The molecule has 5 heteroatoms. The summed E-state index contributed by atoms with van der Waals surface area (Å²) in [7, 11) is 0. The Morgan fingerprint density at radius 3 is 2.14 bits per heavy atom. The van der Waals surface area contributed by atoms with Crippen LogP contribution in [0.15, 0.2) is 103 Å². The van der Waals surface area contributed by atoms with E-state index < -0.39 is 0 Å². The molecule has 0 fully saturated rings. The quantitative estimate of drug-likeness (QED) is 0.232. The van der Waals surface area contributed by atoms with Gasteiger partial charge in [-0.1, -0.05) is 66.2 Å². The molecule has 168 valence electrons. The Morgan fingerprint density at radius 2 is 1.22 bits per heavy atom. The zero-order valence-corrected chi connectivity index (χ0v) is 19.7. The first kappa shape index (κ1) is 18.7. The predicted molar refractivity (Wildman–Crippen MR) is 149 cm³/mol. The molecule has 0 N–H and O–H groups in total. The maximum absolute atomic E-state index is 6.45. The van der Waals surface area contributed by atoms with Gasteiger partial charge in [0.2, 0.25) is 5.78 Å². The lowest BCUT2D eigenvalue weighted by Gasteiger charge is -2.10. The standard InChI is InChI=1S/C31H17ClN4/c32-18-15-16-25-22(17-18)19-7-1-3-11-24(19)34(25)27-13-5-8-20-21-9-6-14-28-30(21)36(29(20)27)31-33-23-10-2-4-12-26(23)35(28)31/h1-17H. The molecule has 5 aromatic carbocycles. The van der Waals surface area contributed by atoms with Crippen LogP contribution in [-0.2, 0) is 0 Å². The summed E-state index contributed by atoms with van der Waals surface area (Å²) >= 11 is 6.45. The van der Waals surface area contributed by atoms with Crippen LogP contribution in [0, 0.1) is 0 Å². The molecule has 4 aromatic heterocycles. The average molecular weight is 481 g/mol. The van der Waals surface area contributed by atoms with Gasteiger partial charge in [-0.15, -0.1) is 0 Å². The van der Waals surface area contributed by atoms with E-state index in [-0.39, 0.29) is 0 Å². The van der Waals surface area contributed by atoms with Crippen LogP contribution in [-0.4, -0.2) is 18.4 Å². The Labute approximate surface area is 209 Å². The fourth-order valence-electron chi connectivity index (χ4n) is 6.25. The monoisotopic (exact) mass is 480 g/mol.